The molecule has 1 heterocycles. The molecule has 6 heteroatoms. The van der Waals surface area contributed by atoms with E-state index in [9.17, 15) is 4.79 Å². The van der Waals surface area contributed by atoms with Crippen LogP contribution in [0.5, 0.6) is 11.5 Å². The fourth-order valence-corrected chi connectivity index (χ4v) is 2.05. The molecule has 2 aromatic rings. The fraction of sp³-hybridized carbons (Fsp3) is 0.375. The maximum atomic E-state index is 12.2. The molecule has 0 saturated heterocycles. The van der Waals surface area contributed by atoms with E-state index < -0.39 is 6.10 Å². The van der Waals surface area contributed by atoms with Gasteiger partial charge >= 0.3 is 0 Å². The molecule has 0 spiro atoms. The first kappa shape index (κ1) is 15.9. The first-order valence-electron chi connectivity index (χ1n) is 7.19. The molecule has 2 rings (SSSR count). The van der Waals surface area contributed by atoms with Gasteiger partial charge in [0.05, 0.1) is 12.8 Å². The van der Waals surface area contributed by atoms with Crippen LogP contribution in [0.3, 0.4) is 0 Å². The Labute approximate surface area is 130 Å². The van der Waals surface area contributed by atoms with Gasteiger partial charge in [-0.25, -0.2) is 4.68 Å². The lowest BCUT2D eigenvalue weighted by Gasteiger charge is -2.15. The van der Waals surface area contributed by atoms with Crippen molar-refractivity contribution in [1.82, 2.24) is 9.78 Å². The summed E-state index contributed by atoms with van der Waals surface area (Å²) >= 11 is 0. The number of carbonyl (C=O) groups excluding carboxylic acids is 1. The van der Waals surface area contributed by atoms with E-state index in [2.05, 4.69) is 10.4 Å². The third kappa shape index (κ3) is 3.78. The van der Waals surface area contributed by atoms with Gasteiger partial charge in [0, 0.05) is 18.7 Å². The summed E-state index contributed by atoms with van der Waals surface area (Å²) in [6, 6.07) is 8.99. The largest absolute Gasteiger partial charge is 0.497 e. The predicted molar refractivity (Wildman–Crippen MR) is 84.4 cm³/mol. The van der Waals surface area contributed by atoms with Gasteiger partial charge in [0.1, 0.15) is 17.3 Å². The summed E-state index contributed by atoms with van der Waals surface area (Å²) in [5, 5.41) is 7.13. The predicted octanol–water partition coefficient (Wildman–Crippen LogP) is 2.63. The summed E-state index contributed by atoms with van der Waals surface area (Å²) in [6.45, 7) is 6.25. The topological polar surface area (TPSA) is 65.4 Å². The van der Waals surface area contributed by atoms with E-state index in [1.807, 2.05) is 32.0 Å². The number of benzene rings is 1. The standard InChI is InChI=1S/C16H21N3O3/c1-5-19-15(9-11(2)18-19)17-16(20)12(3)22-14-8-6-7-13(10-14)21-4/h6-10,12H,5H2,1-4H3,(H,17,20). The van der Waals surface area contributed by atoms with Crippen molar-refractivity contribution in [3.05, 3.63) is 36.0 Å². The number of carbonyl (C=O) groups is 1. The molecule has 1 aromatic heterocycles. The minimum absolute atomic E-state index is 0.225. The van der Waals surface area contributed by atoms with E-state index in [0.29, 0.717) is 23.9 Å². The van der Waals surface area contributed by atoms with Gasteiger partial charge in [0.15, 0.2) is 6.10 Å². The van der Waals surface area contributed by atoms with Crippen molar-refractivity contribution in [3.8, 4) is 11.5 Å². The molecule has 22 heavy (non-hydrogen) atoms. The monoisotopic (exact) mass is 303 g/mol. The number of aryl methyl sites for hydroxylation is 2. The molecule has 0 radical (unpaired) electrons. The number of ether oxygens (including phenoxy) is 2. The Balaban J connectivity index is 2.02. The Morgan fingerprint density at radius 2 is 2.09 bits per heavy atom. The smallest absolute Gasteiger partial charge is 0.266 e. The molecule has 0 bridgehead atoms. The van der Waals surface area contributed by atoms with Crippen LogP contribution in [0.4, 0.5) is 5.82 Å². The lowest BCUT2D eigenvalue weighted by Crippen LogP contribution is -2.31. The molecule has 1 unspecified atom stereocenters. The molecule has 1 aromatic carbocycles. The molecule has 118 valence electrons. The maximum Gasteiger partial charge on any atom is 0.266 e. The van der Waals surface area contributed by atoms with E-state index in [1.54, 1.807) is 30.8 Å². The van der Waals surface area contributed by atoms with Crippen LogP contribution in [0.2, 0.25) is 0 Å². The molecule has 6 nitrogen and oxygen atoms in total. The van der Waals surface area contributed by atoms with Crippen LogP contribution < -0.4 is 14.8 Å². The van der Waals surface area contributed by atoms with Gasteiger partial charge in [-0.3, -0.25) is 4.79 Å². The van der Waals surface area contributed by atoms with Crippen molar-refractivity contribution < 1.29 is 14.3 Å². The number of hydrogen-bond acceptors (Lipinski definition) is 4. The van der Waals surface area contributed by atoms with Crippen LogP contribution >= 0.6 is 0 Å². The van der Waals surface area contributed by atoms with Crippen molar-refractivity contribution >= 4 is 11.7 Å². The highest BCUT2D eigenvalue weighted by Crippen LogP contribution is 2.20. The average Bonchev–Trinajstić information content (AvgIpc) is 2.87. The summed E-state index contributed by atoms with van der Waals surface area (Å²) in [4.78, 5) is 12.2. The molecule has 0 saturated carbocycles. The van der Waals surface area contributed by atoms with Gasteiger partial charge < -0.3 is 14.8 Å². The normalized spacial score (nSPS) is 11.8. The number of anilines is 1. The second-order valence-corrected chi connectivity index (χ2v) is 4.92. The number of methoxy groups -OCH3 is 1. The van der Waals surface area contributed by atoms with Crippen LogP contribution in [0.1, 0.15) is 19.5 Å². The number of rotatable bonds is 6. The Hall–Kier alpha value is -2.50. The second-order valence-electron chi connectivity index (χ2n) is 4.92. The first-order chi connectivity index (χ1) is 10.5. The van der Waals surface area contributed by atoms with Crippen molar-refractivity contribution in [2.24, 2.45) is 0 Å². The number of hydrogen-bond donors (Lipinski definition) is 1. The van der Waals surface area contributed by atoms with E-state index in [0.717, 1.165) is 5.69 Å². The molecule has 0 fully saturated rings. The van der Waals surface area contributed by atoms with Crippen molar-refractivity contribution in [2.45, 2.75) is 33.4 Å². The number of nitrogens with one attached hydrogen (secondary N) is 1. The van der Waals surface area contributed by atoms with Gasteiger partial charge in [-0.2, -0.15) is 5.10 Å². The van der Waals surface area contributed by atoms with Crippen LogP contribution in [0.15, 0.2) is 30.3 Å². The van der Waals surface area contributed by atoms with Crippen molar-refractivity contribution in [3.63, 3.8) is 0 Å². The minimum atomic E-state index is -0.632. The number of aromatic nitrogens is 2. The first-order valence-corrected chi connectivity index (χ1v) is 7.19. The van der Waals surface area contributed by atoms with Crippen LogP contribution in [-0.4, -0.2) is 28.9 Å². The lowest BCUT2D eigenvalue weighted by atomic mass is 10.3. The third-order valence-electron chi connectivity index (χ3n) is 3.18. The van der Waals surface area contributed by atoms with Gasteiger partial charge in [0.2, 0.25) is 0 Å². The van der Waals surface area contributed by atoms with Crippen molar-refractivity contribution in [2.75, 3.05) is 12.4 Å². The van der Waals surface area contributed by atoms with Gasteiger partial charge in [0.25, 0.3) is 5.91 Å². The molecule has 0 aliphatic heterocycles. The zero-order valence-corrected chi connectivity index (χ0v) is 13.3. The molecule has 1 N–H and O–H groups in total. The van der Waals surface area contributed by atoms with E-state index >= 15 is 0 Å². The molecule has 0 aliphatic rings. The van der Waals surface area contributed by atoms with E-state index in [-0.39, 0.29) is 5.91 Å². The molecular weight excluding hydrogens is 282 g/mol. The van der Waals surface area contributed by atoms with E-state index in [1.165, 1.54) is 0 Å². The SMILES string of the molecule is CCn1nc(C)cc1NC(=O)C(C)Oc1cccc(OC)c1. The van der Waals surface area contributed by atoms with Gasteiger partial charge in [-0.15, -0.1) is 0 Å². The summed E-state index contributed by atoms with van der Waals surface area (Å²) in [5.41, 5.74) is 0.860. The highest BCUT2D eigenvalue weighted by molar-refractivity contribution is 5.93. The van der Waals surface area contributed by atoms with Crippen LogP contribution in [-0.2, 0) is 11.3 Å². The van der Waals surface area contributed by atoms with Crippen LogP contribution in [0, 0.1) is 6.92 Å². The third-order valence-corrected chi connectivity index (χ3v) is 3.18. The Morgan fingerprint density at radius 3 is 2.77 bits per heavy atom. The minimum Gasteiger partial charge on any atom is -0.497 e. The van der Waals surface area contributed by atoms with Crippen LogP contribution in [0.25, 0.3) is 0 Å². The maximum absolute atomic E-state index is 12.2. The summed E-state index contributed by atoms with van der Waals surface area (Å²) in [7, 11) is 1.59. The van der Waals surface area contributed by atoms with E-state index in [4.69, 9.17) is 9.47 Å². The van der Waals surface area contributed by atoms with Gasteiger partial charge in [-0.05, 0) is 32.9 Å². The summed E-state index contributed by atoms with van der Waals surface area (Å²) in [5.74, 6) is 1.72. The highest BCUT2D eigenvalue weighted by Gasteiger charge is 2.17. The number of amides is 1. The van der Waals surface area contributed by atoms with Gasteiger partial charge in [-0.1, -0.05) is 6.07 Å². The molecular formula is C16H21N3O3. The molecule has 0 aliphatic carbocycles. The Bertz CT molecular complexity index is 652. The summed E-state index contributed by atoms with van der Waals surface area (Å²) in [6.07, 6.45) is -0.632. The van der Waals surface area contributed by atoms with Crippen molar-refractivity contribution in [1.29, 1.82) is 0 Å². The Kier molecular flexibility index (Phi) is 5.04. The highest BCUT2D eigenvalue weighted by atomic mass is 16.5. The Morgan fingerprint density at radius 1 is 1.36 bits per heavy atom. The molecule has 1 amide bonds. The summed E-state index contributed by atoms with van der Waals surface area (Å²) < 4.78 is 12.5. The fourth-order valence-electron chi connectivity index (χ4n) is 2.05. The lowest BCUT2D eigenvalue weighted by molar-refractivity contribution is -0.122. The number of nitrogens with zero attached hydrogens (tertiary/aromatic N) is 2. The zero-order valence-electron chi connectivity index (χ0n) is 13.3. The molecule has 1 atom stereocenters. The second kappa shape index (κ2) is 6.98. The average molecular weight is 303 g/mol. The quantitative estimate of drug-likeness (QED) is 0.891. The zero-order chi connectivity index (χ0) is 16.1.